The Labute approximate surface area is 80.0 Å². The van der Waals surface area contributed by atoms with Crippen molar-refractivity contribution in [2.24, 2.45) is 0 Å². The summed E-state index contributed by atoms with van der Waals surface area (Å²) in [6.45, 7) is 4.02. The van der Waals surface area contributed by atoms with Crippen molar-refractivity contribution in [1.82, 2.24) is 0 Å². The number of unbranched alkanes of at least 4 members (excludes halogenated alkanes) is 3. The quantitative estimate of drug-likeness (QED) is 0.611. The molecule has 0 aliphatic carbocycles. The summed E-state index contributed by atoms with van der Waals surface area (Å²) in [5.74, 6) is 0.916. The third-order valence-corrected chi connectivity index (χ3v) is 2.31. The molecule has 0 saturated heterocycles. The van der Waals surface area contributed by atoms with E-state index in [4.69, 9.17) is 4.74 Å². The Bertz CT molecular complexity index is 206. The molecule has 0 bridgehead atoms. The van der Waals surface area contributed by atoms with Crippen molar-refractivity contribution in [3.63, 3.8) is 0 Å². The smallest absolute Gasteiger partial charge is 0.199 e. The first kappa shape index (κ1) is 10.3. The van der Waals surface area contributed by atoms with Crippen molar-refractivity contribution in [1.29, 1.82) is 0 Å². The summed E-state index contributed by atoms with van der Waals surface area (Å²) >= 11 is 0. The summed E-state index contributed by atoms with van der Waals surface area (Å²) in [5, 5.41) is 0. The summed E-state index contributed by atoms with van der Waals surface area (Å²) in [5.41, 5.74) is 0. The molecule has 1 unspecified atom stereocenters. The second kappa shape index (κ2) is 5.05. The zero-order valence-corrected chi connectivity index (χ0v) is 8.51. The van der Waals surface area contributed by atoms with Crippen molar-refractivity contribution in [3.8, 4) is 0 Å². The van der Waals surface area contributed by atoms with Gasteiger partial charge in [-0.05, 0) is 19.8 Å². The van der Waals surface area contributed by atoms with E-state index in [-0.39, 0.29) is 11.9 Å². The van der Waals surface area contributed by atoms with E-state index in [1.165, 1.54) is 19.3 Å². The molecule has 0 spiro atoms. The predicted molar refractivity (Wildman–Crippen MR) is 52.4 cm³/mol. The van der Waals surface area contributed by atoms with E-state index in [0.29, 0.717) is 0 Å². The van der Waals surface area contributed by atoms with Gasteiger partial charge in [0.1, 0.15) is 0 Å². The van der Waals surface area contributed by atoms with Crippen LogP contribution in [0.1, 0.15) is 46.0 Å². The van der Waals surface area contributed by atoms with Crippen LogP contribution in [-0.2, 0) is 9.53 Å². The van der Waals surface area contributed by atoms with Crippen LogP contribution < -0.4 is 0 Å². The highest BCUT2D eigenvalue weighted by Gasteiger charge is 2.23. The van der Waals surface area contributed by atoms with Gasteiger partial charge >= 0.3 is 0 Å². The average Bonchev–Trinajstić information content (AvgIpc) is 2.39. The van der Waals surface area contributed by atoms with E-state index in [9.17, 15) is 4.79 Å². The second-order valence-electron chi connectivity index (χ2n) is 3.61. The van der Waals surface area contributed by atoms with Crippen molar-refractivity contribution in [3.05, 3.63) is 11.8 Å². The summed E-state index contributed by atoms with van der Waals surface area (Å²) < 4.78 is 5.37. The fourth-order valence-corrected chi connectivity index (χ4v) is 1.57. The molecule has 1 heterocycles. The van der Waals surface area contributed by atoms with Crippen LogP contribution in [-0.4, -0.2) is 11.9 Å². The van der Waals surface area contributed by atoms with E-state index in [1.807, 2.05) is 6.92 Å². The molecule has 0 N–H and O–H groups in total. The molecule has 13 heavy (non-hydrogen) atoms. The molecule has 1 atom stereocenters. The first-order chi connectivity index (χ1) is 6.24. The molecule has 0 amide bonds. The number of hydrogen-bond donors (Lipinski definition) is 0. The lowest BCUT2D eigenvalue weighted by atomic mass is 10.1. The standard InChI is InChI=1S/C11H18O2/c1-3-4-5-6-7-11-10(12)8-9(2)13-11/h8,11H,3-7H2,1-2H3. The number of hydrogen-bond acceptors (Lipinski definition) is 2. The van der Waals surface area contributed by atoms with Crippen LogP contribution >= 0.6 is 0 Å². The van der Waals surface area contributed by atoms with Gasteiger partial charge in [0.05, 0.1) is 5.76 Å². The van der Waals surface area contributed by atoms with Gasteiger partial charge in [-0.2, -0.15) is 0 Å². The molecule has 74 valence electrons. The summed E-state index contributed by atoms with van der Waals surface area (Å²) in [4.78, 5) is 11.2. The van der Waals surface area contributed by atoms with Crippen molar-refractivity contribution in [2.45, 2.75) is 52.1 Å². The molecule has 1 aliphatic rings. The largest absolute Gasteiger partial charge is 0.487 e. The Morgan fingerprint density at radius 3 is 2.69 bits per heavy atom. The third kappa shape index (κ3) is 3.21. The highest BCUT2D eigenvalue weighted by atomic mass is 16.5. The lowest BCUT2D eigenvalue weighted by molar-refractivity contribution is -0.120. The molecule has 0 saturated carbocycles. The molecular weight excluding hydrogens is 164 g/mol. The van der Waals surface area contributed by atoms with Crippen LogP contribution in [0.25, 0.3) is 0 Å². The molecule has 2 heteroatoms. The van der Waals surface area contributed by atoms with Crippen LogP contribution in [0.2, 0.25) is 0 Å². The minimum atomic E-state index is -0.170. The van der Waals surface area contributed by atoms with Crippen LogP contribution in [0.4, 0.5) is 0 Å². The first-order valence-electron chi connectivity index (χ1n) is 5.13. The number of rotatable bonds is 5. The second-order valence-corrected chi connectivity index (χ2v) is 3.61. The highest BCUT2D eigenvalue weighted by Crippen LogP contribution is 2.18. The van der Waals surface area contributed by atoms with Gasteiger partial charge < -0.3 is 4.74 Å². The summed E-state index contributed by atoms with van der Waals surface area (Å²) in [7, 11) is 0. The Morgan fingerprint density at radius 1 is 1.38 bits per heavy atom. The molecule has 0 aromatic carbocycles. The van der Waals surface area contributed by atoms with Gasteiger partial charge in [-0.1, -0.05) is 26.2 Å². The fraction of sp³-hybridized carbons (Fsp3) is 0.727. The minimum Gasteiger partial charge on any atom is -0.487 e. The lowest BCUT2D eigenvalue weighted by Crippen LogP contribution is -2.15. The summed E-state index contributed by atoms with van der Waals surface area (Å²) in [6.07, 6.45) is 7.12. The molecule has 2 nitrogen and oxygen atoms in total. The third-order valence-electron chi connectivity index (χ3n) is 2.31. The molecular formula is C11H18O2. The van der Waals surface area contributed by atoms with Crippen molar-refractivity contribution < 1.29 is 9.53 Å². The van der Waals surface area contributed by atoms with Crippen LogP contribution in [0.5, 0.6) is 0 Å². The van der Waals surface area contributed by atoms with E-state index < -0.39 is 0 Å². The number of allylic oxidation sites excluding steroid dienone is 1. The van der Waals surface area contributed by atoms with Gasteiger partial charge in [0.15, 0.2) is 11.9 Å². The normalized spacial score (nSPS) is 21.5. The molecule has 0 aromatic rings. The van der Waals surface area contributed by atoms with Gasteiger partial charge in [0, 0.05) is 6.08 Å². The fourth-order valence-electron chi connectivity index (χ4n) is 1.57. The van der Waals surface area contributed by atoms with Gasteiger partial charge in [-0.15, -0.1) is 0 Å². The molecule has 1 aliphatic heterocycles. The van der Waals surface area contributed by atoms with Gasteiger partial charge in [-0.3, -0.25) is 4.79 Å². The van der Waals surface area contributed by atoms with Gasteiger partial charge in [0.25, 0.3) is 0 Å². The molecule has 0 radical (unpaired) electrons. The van der Waals surface area contributed by atoms with Crippen LogP contribution in [0.15, 0.2) is 11.8 Å². The average molecular weight is 182 g/mol. The Morgan fingerprint density at radius 2 is 2.15 bits per heavy atom. The van der Waals surface area contributed by atoms with Crippen molar-refractivity contribution in [2.75, 3.05) is 0 Å². The number of ether oxygens (including phenoxy) is 1. The SMILES string of the molecule is CCCCCCC1OC(C)=CC1=O. The predicted octanol–water partition coefficient (Wildman–Crippen LogP) is 2.83. The highest BCUT2D eigenvalue weighted by molar-refractivity contribution is 5.95. The van der Waals surface area contributed by atoms with E-state index in [2.05, 4.69) is 6.92 Å². The topological polar surface area (TPSA) is 26.3 Å². The maximum Gasteiger partial charge on any atom is 0.199 e. The monoisotopic (exact) mass is 182 g/mol. The summed E-state index contributed by atoms with van der Waals surface area (Å²) in [6, 6.07) is 0. The zero-order chi connectivity index (χ0) is 9.68. The maximum atomic E-state index is 11.2. The molecule has 0 aromatic heterocycles. The minimum absolute atomic E-state index is 0.147. The van der Waals surface area contributed by atoms with Crippen molar-refractivity contribution >= 4 is 5.78 Å². The zero-order valence-electron chi connectivity index (χ0n) is 8.51. The van der Waals surface area contributed by atoms with E-state index in [0.717, 1.165) is 18.6 Å². The van der Waals surface area contributed by atoms with E-state index >= 15 is 0 Å². The van der Waals surface area contributed by atoms with Gasteiger partial charge in [-0.25, -0.2) is 0 Å². The Kier molecular flexibility index (Phi) is 4.00. The Balaban J connectivity index is 2.14. The number of carbonyl (C=O) groups excluding carboxylic acids is 1. The lowest BCUT2D eigenvalue weighted by Gasteiger charge is -2.09. The number of ketones is 1. The molecule has 1 rings (SSSR count). The van der Waals surface area contributed by atoms with Gasteiger partial charge in [0.2, 0.25) is 0 Å². The van der Waals surface area contributed by atoms with Crippen LogP contribution in [0, 0.1) is 0 Å². The molecule has 0 fully saturated rings. The first-order valence-corrected chi connectivity index (χ1v) is 5.13. The van der Waals surface area contributed by atoms with Crippen LogP contribution in [0.3, 0.4) is 0 Å². The Hall–Kier alpha value is -0.790. The van der Waals surface area contributed by atoms with E-state index in [1.54, 1.807) is 6.08 Å². The number of carbonyl (C=O) groups is 1. The maximum absolute atomic E-state index is 11.2.